The van der Waals surface area contributed by atoms with Gasteiger partial charge in [-0.25, -0.2) is 4.79 Å². The molecule has 1 fully saturated rings. The van der Waals surface area contributed by atoms with Crippen molar-refractivity contribution in [3.8, 4) is 0 Å². The lowest BCUT2D eigenvalue weighted by molar-refractivity contribution is -0.133. The van der Waals surface area contributed by atoms with Crippen LogP contribution in [0.25, 0.3) is 0 Å². The molecule has 0 aromatic rings. The molecule has 1 saturated heterocycles. The molecule has 126 valence electrons. The fourth-order valence-corrected chi connectivity index (χ4v) is 2.12. The highest BCUT2D eigenvalue weighted by Crippen LogP contribution is 2.06. The van der Waals surface area contributed by atoms with Crippen LogP contribution >= 0.6 is 0 Å². The summed E-state index contributed by atoms with van der Waals surface area (Å²) in [4.78, 5) is 38.2. The van der Waals surface area contributed by atoms with Gasteiger partial charge in [0.15, 0.2) is 0 Å². The lowest BCUT2D eigenvalue weighted by Crippen LogP contribution is -2.46. The van der Waals surface area contributed by atoms with Crippen LogP contribution in [0.2, 0.25) is 0 Å². The fraction of sp³-hybridized carbons (Fsp3) is 0.786. The second kappa shape index (κ2) is 9.99. The molecular weight excluding hydrogens is 288 g/mol. The van der Waals surface area contributed by atoms with E-state index in [2.05, 4.69) is 10.6 Å². The molecule has 0 unspecified atom stereocenters. The predicted molar refractivity (Wildman–Crippen MR) is 81.3 cm³/mol. The van der Waals surface area contributed by atoms with Crippen molar-refractivity contribution in [2.24, 2.45) is 0 Å². The number of ether oxygens (including phenoxy) is 1. The molecule has 0 aromatic carbocycles. The van der Waals surface area contributed by atoms with E-state index in [0.717, 1.165) is 32.4 Å². The van der Waals surface area contributed by atoms with Gasteiger partial charge in [-0.1, -0.05) is 0 Å². The number of carbonyl (C=O) groups is 3. The minimum atomic E-state index is -0.292. The van der Waals surface area contributed by atoms with Crippen LogP contribution in [0, 0.1) is 0 Å². The summed E-state index contributed by atoms with van der Waals surface area (Å²) in [7, 11) is 3.14. The van der Waals surface area contributed by atoms with Gasteiger partial charge >= 0.3 is 6.03 Å². The average molecular weight is 314 g/mol. The molecule has 0 radical (unpaired) electrons. The highest BCUT2D eigenvalue weighted by atomic mass is 16.5. The summed E-state index contributed by atoms with van der Waals surface area (Å²) in [6.45, 7) is 2.45. The van der Waals surface area contributed by atoms with Crippen LogP contribution in [0.5, 0.6) is 0 Å². The average Bonchev–Trinajstić information content (AvgIpc) is 3.03. The molecule has 1 aliphatic rings. The second-order valence-corrected chi connectivity index (χ2v) is 5.30. The number of rotatable bonds is 8. The molecule has 1 rings (SSSR count). The van der Waals surface area contributed by atoms with Crippen LogP contribution in [0.4, 0.5) is 4.79 Å². The van der Waals surface area contributed by atoms with Gasteiger partial charge in [0.25, 0.3) is 0 Å². The molecule has 0 saturated carbocycles. The topological polar surface area (TPSA) is 91.0 Å². The summed E-state index contributed by atoms with van der Waals surface area (Å²) in [5.41, 5.74) is 0. The quantitative estimate of drug-likeness (QED) is 0.586. The Morgan fingerprint density at radius 2 is 1.86 bits per heavy atom. The smallest absolute Gasteiger partial charge is 0.317 e. The van der Waals surface area contributed by atoms with Crippen LogP contribution in [-0.4, -0.2) is 81.1 Å². The highest BCUT2D eigenvalue weighted by molar-refractivity contribution is 5.87. The van der Waals surface area contributed by atoms with Crippen LogP contribution < -0.4 is 10.6 Å². The van der Waals surface area contributed by atoms with E-state index < -0.39 is 0 Å². The third-order valence-corrected chi connectivity index (χ3v) is 3.44. The number of hydrogen-bond donors (Lipinski definition) is 2. The van der Waals surface area contributed by atoms with Gasteiger partial charge in [-0.2, -0.15) is 0 Å². The lowest BCUT2D eigenvalue weighted by Gasteiger charge is -2.19. The summed E-state index contributed by atoms with van der Waals surface area (Å²) >= 11 is 0. The van der Waals surface area contributed by atoms with Gasteiger partial charge in [-0.3, -0.25) is 9.59 Å². The van der Waals surface area contributed by atoms with Crippen LogP contribution in [0.15, 0.2) is 0 Å². The Balaban J connectivity index is 2.17. The van der Waals surface area contributed by atoms with Crippen molar-refractivity contribution in [3.05, 3.63) is 0 Å². The Morgan fingerprint density at radius 1 is 1.18 bits per heavy atom. The molecule has 1 heterocycles. The number of methoxy groups -OCH3 is 1. The predicted octanol–water partition coefficient (Wildman–Crippen LogP) is -0.597. The first-order chi connectivity index (χ1) is 10.5. The van der Waals surface area contributed by atoms with Crippen molar-refractivity contribution in [1.29, 1.82) is 0 Å². The number of carbonyl (C=O) groups excluding carboxylic acids is 3. The van der Waals surface area contributed by atoms with Gasteiger partial charge in [-0.15, -0.1) is 0 Å². The lowest BCUT2D eigenvalue weighted by atomic mass is 10.4. The van der Waals surface area contributed by atoms with Crippen molar-refractivity contribution in [2.45, 2.75) is 19.3 Å². The third-order valence-electron chi connectivity index (χ3n) is 3.44. The minimum Gasteiger partial charge on any atom is -0.385 e. The fourth-order valence-electron chi connectivity index (χ4n) is 2.12. The number of likely N-dealkylation sites (N-methyl/N-ethyl adjacent to an activating group) is 1. The molecule has 22 heavy (non-hydrogen) atoms. The molecule has 0 aromatic heterocycles. The Hall–Kier alpha value is -1.83. The van der Waals surface area contributed by atoms with E-state index in [4.69, 9.17) is 4.74 Å². The van der Waals surface area contributed by atoms with Crippen molar-refractivity contribution in [1.82, 2.24) is 20.4 Å². The summed E-state index contributed by atoms with van der Waals surface area (Å²) in [5, 5.41) is 5.29. The normalized spacial score (nSPS) is 13.8. The van der Waals surface area contributed by atoms with Crippen molar-refractivity contribution in [2.75, 3.05) is 53.5 Å². The van der Waals surface area contributed by atoms with E-state index in [1.165, 1.54) is 4.90 Å². The molecular formula is C14H26N4O4. The Morgan fingerprint density at radius 3 is 2.50 bits per heavy atom. The van der Waals surface area contributed by atoms with E-state index >= 15 is 0 Å². The zero-order valence-electron chi connectivity index (χ0n) is 13.4. The molecule has 0 aliphatic carbocycles. The molecule has 8 heteroatoms. The van der Waals surface area contributed by atoms with E-state index in [0.29, 0.717) is 13.2 Å². The van der Waals surface area contributed by atoms with Gasteiger partial charge in [0.2, 0.25) is 11.8 Å². The Bertz CT molecular complexity index is 383. The number of nitrogens with zero attached hydrogens (tertiary/aromatic N) is 2. The first-order valence-corrected chi connectivity index (χ1v) is 7.57. The van der Waals surface area contributed by atoms with Crippen LogP contribution in [-0.2, 0) is 14.3 Å². The molecule has 1 aliphatic heterocycles. The number of likely N-dealkylation sites (tertiary alicyclic amines) is 1. The molecule has 0 spiro atoms. The van der Waals surface area contributed by atoms with Gasteiger partial charge in [0, 0.05) is 40.4 Å². The monoisotopic (exact) mass is 314 g/mol. The van der Waals surface area contributed by atoms with Gasteiger partial charge in [-0.05, 0) is 19.3 Å². The zero-order chi connectivity index (χ0) is 16.4. The first kappa shape index (κ1) is 18.2. The second-order valence-electron chi connectivity index (χ2n) is 5.30. The SMILES string of the molecule is COCCCNC(=O)CN(C)C(=O)CNC(=O)N1CCCC1. The van der Waals surface area contributed by atoms with Gasteiger partial charge in [0.05, 0.1) is 13.1 Å². The van der Waals surface area contributed by atoms with Gasteiger partial charge < -0.3 is 25.2 Å². The maximum Gasteiger partial charge on any atom is 0.317 e. The largest absolute Gasteiger partial charge is 0.385 e. The molecule has 4 amide bonds. The molecule has 0 atom stereocenters. The molecule has 0 bridgehead atoms. The number of nitrogens with one attached hydrogen (secondary N) is 2. The summed E-state index contributed by atoms with van der Waals surface area (Å²) < 4.78 is 4.88. The third kappa shape index (κ3) is 6.75. The highest BCUT2D eigenvalue weighted by Gasteiger charge is 2.19. The van der Waals surface area contributed by atoms with E-state index in [-0.39, 0.29) is 30.9 Å². The standard InChI is InChI=1S/C14H26N4O4/c1-17(11-12(19)15-6-5-9-22-2)13(20)10-16-14(21)18-7-3-4-8-18/h3-11H2,1-2H3,(H,15,19)(H,16,21). The number of hydrogen-bond acceptors (Lipinski definition) is 4. The zero-order valence-corrected chi connectivity index (χ0v) is 13.4. The Labute approximate surface area is 131 Å². The van der Waals surface area contributed by atoms with Crippen LogP contribution in [0.3, 0.4) is 0 Å². The van der Waals surface area contributed by atoms with E-state index in [1.807, 2.05) is 0 Å². The van der Waals surface area contributed by atoms with E-state index in [9.17, 15) is 14.4 Å². The summed E-state index contributed by atoms with van der Waals surface area (Å²) in [6.07, 6.45) is 2.74. The van der Waals surface area contributed by atoms with Crippen molar-refractivity contribution >= 4 is 17.8 Å². The first-order valence-electron chi connectivity index (χ1n) is 7.57. The molecule has 8 nitrogen and oxygen atoms in total. The minimum absolute atomic E-state index is 0.0224. The summed E-state index contributed by atoms with van der Waals surface area (Å²) in [6, 6.07) is -0.219. The number of amides is 4. The molecule has 2 N–H and O–H groups in total. The maximum absolute atomic E-state index is 11.9. The summed E-state index contributed by atoms with van der Waals surface area (Å²) in [5.74, 6) is -0.516. The van der Waals surface area contributed by atoms with Crippen LogP contribution in [0.1, 0.15) is 19.3 Å². The maximum atomic E-state index is 11.9. The van der Waals surface area contributed by atoms with Gasteiger partial charge in [0.1, 0.15) is 0 Å². The van der Waals surface area contributed by atoms with Crippen molar-refractivity contribution in [3.63, 3.8) is 0 Å². The Kier molecular flexibility index (Phi) is 8.27. The number of urea groups is 1. The van der Waals surface area contributed by atoms with E-state index in [1.54, 1.807) is 19.1 Å². The van der Waals surface area contributed by atoms with Crippen molar-refractivity contribution < 1.29 is 19.1 Å².